The molecule has 1 N–H and O–H groups in total. The Kier molecular flexibility index (Phi) is 2.19. The standard InChI is InChI=1S/C16H13N/c1-11-5-4-8-14-12-6-2-3-7-13(12)15(9-10-17)16(11)14/h2-10,17H,1H3/b15-9-,17-10?. The molecule has 0 atom stereocenters. The molecule has 0 aliphatic heterocycles. The normalized spacial score (nSPS) is 14.5. The lowest BCUT2D eigenvalue weighted by Gasteiger charge is -2.04. The molecule has 82 valence electrons. The zero-order valence-electron chi connectivity index (χ0n) is 9.70. The third kappa shape index (κ3) is 1.36. The summed E-state index contributed by atoms with van der Waals surface area (Å²) >= 11 is 0. The Bertz CT molecular complexity index is 636. The van der Waals surface area contributed by atoms with E-state index in [2.05, 4.69) is 49.4 Å². The minimum absolute atomic E-state index is 1.17. The van der Waals surface area contributed by atoms with Gasteiger partial charge >= 0.3 is 0 Å². The van der Waals surface area contributed by atoms with Gasteiger partial charge in [-0.25, -0.2) is 0 Å². The lowest BCUT2D eigenvalue weighted by atomic mass is 9.99. The molecule has 0 radical (unpaired) electrons. The number of hydrogen-bond donors (Lipinski definition) is 1. The molecule has 0 heterocycles. The van der Waals surface area contributed by atoms with Crippen LogP contribution >= 0.6 is 0 Å². The van der Waals surface area contributed by atoms with Crippen LogP contribution in [0.15, 0.2) is 48.5 Å². The van der Waals surface area contributed by atoms with E-state index in [1.807, 2.05) is 6.08 Å². The smallest absolute Gasteiger partial charge is 0.0184 e. The van der Waals surface area contributed by atoms with Crippen molar-refractivity contribution in [2.75, 3.05) is 0 Å². The van der Waals surface area contributed by atoms with Crippen molar-refractivity contribution in [1.82, 2.24) is 0 Å². The fraction of sp³-hybridized carbons (Fsp3) is 0.0625. The first-order chi connectivity index (χ1) is 8.33. The van der Waals surface area contributed by atoms with Crippen molar-refractivity contribution in [3.05, 3.63) is 65.2 Å². The van der Waals surface area contributed by atoms with Crippen LogP contribution in [-0.2, 0) is 0 Å². The molecule has 0 saturated heterocycles. The zero-order valence-corrected chi connectivity index (χ0v) is 9.70. The van der Waals surface area contributed by atoms with Crippen molar-refractivity contribution in [1.29, 1.82) is 5.41 Å². The van der Waals surface area contributed by atoms with Crippen LogP contribution in [0.2, 0.25) is 0 Å². The molecule has 0 amide bonds. The quantitative estimate of drug-likeness (QED) is 0.597. The van der Waals surface area contributed by atoms with Crippen molar-refractivity contribution in [2.24, 2.45) is 0 Å². The highest BCUT2D eigenvalue weighted by atomic mass is 14.3. The maximum atomic E-state index is 7.32. The van der Waals surface area contributed by atoms with Crippen LogP contribution in [0.4, 0.5) is 0 Å². The molecule has 0 unspecified atom stereocenters. The summed E-state index contributed by atoms with van der Waals surface area (Å²) in [5.74, 6) is 0. The fourth-order valence-electron chi connectivity index (χ4n) is 2.59. The van der Waals surface area contributed by atoms with Gasteiger partial charge < -0.3 is 5.41 Å². The highest BCUT2D eigenvalue weighted by molar-refractivity contribution is 6.05. The van der Waals surface area contributed by atoms with Crippen LogP contribution in [-0.4, -0.2) is 6.21 Å². The van der Waals surface area contributed by atoms with Crippen LogP contribution in [0.5, 0.6) is 0 Å². The van der Waals surface area contributed by atoms with E-state index in [0.717, 1.165) is 0 Å². The Labute approximate surface area is 101 Å². The molecule has 0 bridgehead atoms. The molecule has 1 aliphatic rings. The van der Waals surface area contributed by atoms with Gasteiger partial charge in [-0.2, -0.15) is 0 Å². The molecule has 2 aromatic carbocycles. The van der Waals surface area contributed by atoms with Crippen LogP contribution in [0.3, 0.4) is 0 Å². The Morgan fingerprint density at radius 3 is 2.35 bits per heavy atom. The lowest BCUT2D eigenvalue weighted by Crippen LogP contribution is -1.86. The fourth-order valence-corrected chi connectivity index (χ4v) is 2.59. The van der Waals surface area contributed by atoms with Gasteiger partial charge in [-0.05, 0) is 46.4 Å². The van der Waals surface area contributed by atoms with E-state index in [0.29, 0.717) is 0 Å². The molecule has 1 nitrogen and oxygen atoms in total. The zero-order chi connectivity index (χ0) is 11.8. The number of aryl methyl sites for hydroxylation is 1. The van der Waals surface area contributed by atoms with E-state index in [1.54, 1.807) is 0 Å². The highest BCUT2D eigenvalue weighted by Crippen LogP contribution is 2.45. The molecule has 3 rings (SSSR count). The first kappa shape index (κ1) is 10.0. The Hall–Kier alpha value is -2.15. The van der Waals surface area contributed by atoms with Crippen molar-refractivity contribution in [3.8, 4) is 11.1 Å². The minimum Gasteiger partial charge on any atom is -0.309 e. The van der Waals surface area contributed by atoms with Crippen LogP contribution in [0.25, 0.3) is 16.7 Å². The lowest BCUT2D eigenvalue weighted by molar-refractivity contribution is 1.45. The monoisotopic (exact) mass is 219 g/mol. The van der Waals surface area contributed by atoms with Gasteiger partial charge in [0.05, 0.1) is 0 Å². The van der Waals surface area contributed by atoms with E-state index < -0.39 is 0 Å². The van der Waals surface area contributed by atoms with Crippen LogP contribution < -0.4 is 0 Å². The maximum Gasteiger partial charge on any atom is 0.0184 e. The molecule has 0 spiro atoms. The molecule has 1 heteroatoms. The summed E-state index contributed by atoms with van der Waals surface area (Å²) in [6.07, 6.45) is 3.26. The second kappa shape index (κ2) is 3.70. The molecular weight excluding hydrogens is 206 g/mol. The van der Waals surface area contributed by atoms with Gasteiger partial charge in [-0.15, -0.1) is 0 Å². The average molecular weight is 219 g/mol. The van der Waals surface area contributed by atoms with E-state index in [1.165, 1.54) is 39.6 Å². The molecule has 2 aromatic rings. The summed E-state index contributed by atoms with van der Waals surface area (Å²) in [5, 5.41) is 7.32. The van der Waals surface area contributed by atoms with Gasteiger partial charge in [0.15, 0.2) is 0 Å². The van der Waals surface area contributed by atoms with Gasteiger partial charge in [0.25, 0.3) is 0 Å². The van der Waals surface area contributed by atoms with Gasteiger partial charge in [0.2, 0.25) is 0 Å². The number of allylic oxidation sites excluding steroid dienone is 1. The third-order valence-electron chi connectivity index (χ3n) is 3.30. The number of hydrogen-bond acceptors (Lipinski definition) is 1. The average Bonchev–Trinajstić information content (AvgIpc) is 2.67. The Balaban J connectivity index is 2.42. The summed E-state index contributed by atoms with van der Waals surface area (Å²) in [5.41, 5.74) is 7.51. The first-order valence-corrected chi connectivity index (χ1v) is 5.73. The second-order valence-corrected chi connectivity index (χ2v) is 4.29. The summed E-state index contributed by atoms with van der Waals surface area (Å²) in [6, 6.07) is 14.8. The topological polar surface area (TPSA) is 23.9 Å². The number of fused-ring (bicyclic) bond motifs is 3. The van der Waals surface area contributed by atoms with E-state index in [9.17, 15) is 0 Å². The Morgan fingerprint density at radius 1 is 0.882 bits per heavy atom. The van der Waals surface area contributed by atoms with E-state index >= 15 is 0 Å². The highest BCUT2D eigenvalue weighted by Gasteiger charge is 2.23. The van der Waals surface area contributed by atoms with Crippen molar-refractivity contribution in [3.63, 3.8) is 0 Å². The number of rotatable bonds is 1. The largest absolute Gasteiger partial charge is 0.309 e. The number of benzene rings is 2. The van der Waals surface area contributed by atoms with Crippen molar-refractivity contribution in [2.45, 2.75) is 6.92 Å². The van der Waals surface area contributed by atoms with Crippen molar-refractivity contribution >= 4 is 11.8 Å². The molecular formula is C16H13N. The van der Waals surface area contributed by atoms with Gasteiger partial charge in [0, 0.05) is 6.21 Å². The maximum absolute atomic E-state index is 7.32. The summed E-state index contributed by atoms with van der Waals surface area (Å²) in [6.45, 7) is 2.13. The first-order valence-electron chi connectivity index (χ1n) is 5.73. The van der Waals surface area contributed by atoms with E-state index in [-0.39, 0.29) is 0 Å². The van der Waals surface area contributed by atoms with E-state index in [4.69, 9.17) is 5.41 Å². The SMILES string of the molecule is Cc1cccc2c1/C(=C\C=N)c1ccccc1-2. The predicted octanol–water partition coefficient (Wildman–Crippen LogP) is 4.06. The predicted molar refractivity (Wildman–Crippen MR) is 72.5 cm³/mol. The molecule has 1 aliphatic carbocycles. The third-order valence-corrected chi connectivity index (χ3v) is 3.30. The van der Waals surface area contributed by atoms with Gasteiger partial charge in [0.1, 0.15) is 0 Å². The second-order valence-electron chi connectivity index (χ2n) is 4.29. The minimum atomic E-state index is 1.17. The van der Waals surface area contributed by atoms with Gasteiger partial charge in [-0.1, -0.05) is 42.5 Å². The van der Waals surface area contributed by atoms with Crippen molar-refractivity contribution < 1.29 is 0 Å². The molecule has 0 aromatic heterocycles. The molecule has 0 saturated carbocycles. The molecule has 17 heavy (non-hydrogen) atoms. The molecule has 0 fully saturated rings. The van der Waals surface area contributed by atoms with Crippen LogP contribution in [0, 0.1) is 12.3 Å². The Morgan fingerprint density at radius 2 is 1.59 bits per heavy atom. The summed E-state index contributed by atoms with van der Waals surface area (Å²) < 4.78 is 0. The van der Waals surface area contributed by atoms with Gasteiger partial charge in [-0.3, -0.25) is 0 Å². The number of nitrogens with one attached hydrogen (secondary N) is 1. The van der Waals surface area contributed by atoms with Crippen LogP contribution in [0.1, 0.15) is 16.7 Å². The summed E-state index contributed by atoms with van der Waals surface area (Å²) in [7, 11) is 0. The summed E-state index contributed by atoms with van der Waals surface area (Å²) in [4.78, 5) is 0.